The maximum atomic E-state index is 11.6. The molecule has 9 heteroatoms. The van der Waals surface area contributed by atoms with E-state index in [1.165, 1.54) is 11.8 Å². The highest BCUT2D eigenvalue weighted by molar-refractivity contribution is 5.82. The molecule has 0 rings (SSSR count). The van der Waals surface area contributed by atoms with E-state index < -0.39 is 24.4 Å². The van der Waals surface area contributed by atoms with Crippen LogP contribution < -0.4 is 0 Å². The first-order chi connectivity index (χ1) is 10.8. The Labute approximate surface area is 134 Å². The minimum absolute atomic E-state index is 0.241. The van der Waals surface area contributed by atoms with E-state index in [0.29, 0.717) is 13.1 Å². The maximum Gasteiger partial charge on any atom is 0.511 e. The van der Waals surface area contributed by atoms with Crippen LogP contribution in [0.1, 0.15) is 33.6 Å². The molecule has 0 heterocycles. The molecule has 0 aliphatic heterocycles. The van der Waals surface area contributed by atoms with E-state index in [4.69, 9.17) is 9.47 Å². The minimum atomic E-state index is -1.13. The lowest BCUT2D eigenvalue weighted by Crippen LogP contribution is -2.34. The molecule has 23 heavy (non-hydrogen) atoms. The fourth-order valence-corrected chi connectivity index (χ4v) is 1.54. The Balaban J connectivity index is 3.98. The molecule has 0 spiro atoms. The number of hydrogen-bond acceptors (Lipinski definition) is 8. The summed E-state index contributed by atoms with van der Waals surface area (Å²) in [7, 11) is 1.12. The molecule has 0 aromatic rings. The van der Waals surface area contributed by atoms with Gasteiger partial charge < -0.3 is 23.8 Å². The molecular weight excluding hydrogens is 310 g/mol. The second kappa shape index (κ2) is 11.3. The standard InChI is InChI=1S/C14H23NO8/c1-5-15(6-2)11(16)9-21-12(17)7-8-13(18)22-10(3)23-14(19)20-4/h10H,5-9H2,1-4H3. The monoisotopic (exact) mass is 333 g/mol. The van der Waals surface area contributed by atoms with Crippen LogP contribution in [0, 0.1) is 0 Å². The molecule has 0 aromatic carbocycles. The highest BCUT2D eigenvalue weighted by Crippen LogP contribution is 2.02. The van der Waals surface area contributed by atoms with Crippen LogP contribution in [0.5, 0.6) is 0 Å². The van der Waals surface area contributed by atoms with Crippen LogP contribution >= 0.6 is 0 Å². The summed E-state index contributed by atoms with van der Waals surface area (Å²) in [5, 5.41) is 0. The number of carbonyl (C=O) groups is 4. The quantitative estimate of drug-likeness (QED) is 0.347. The van der Waals surface area contributed by atoms with Crippen LogP contribution in [0.3, 0.4) is 0 Å². The number of likely N-dealkylation sites (N-methyl/N-ethyl adjacent to an activating group) is 1. The summed E-state index contributed by atoms with van der Waals surface area (Å²) in [6, 6.07) is 0. The van der Waals surface area contributed by atoms with Gasteiger partial charge in [-0.15, -0.1) is 0 Å². The number of methoxy groups -OCH3 is 1. The van der Waals surface area contributed by atoms with Gasteiger partial charge in [0.15, 0.2) is 6.61 Å². The van der Waals surface area contributed by atoms with E-state index >= 15 is 0 Å². The van der Waals surface area contributed by atoms with E-state index in [2.05, 4.69) is 9.47 Å². The average molecular weight is 333 g/mol. The topological polar surface area (TPSA) is 108 Å². The molecule has 0 aliphatic rings. The fraction of sp³-hybridized carbons (Fsp3) is 0.714. The Hall–Kier alpha value is -2.32. The van der Waals surface area contributed by atoms with Gasteiger partial charge in [-0.1, -0.05) is 0 Å². The first-order valence-corrected chi connectivity index (χ1v) is 7.21. The van der Waals surface area contributed by atoms with Gasteiger partial charge >= 0.3 is 18.1 Å². The molecule has 0 radical (unpaired) electrons. The second-order valence-electron chi connectivity index (χ2n) is 4.36. The molecule has 1 atom stereocenters. The van der Waals surface area contributed by atoms with Gasteiger partial charge in [-0.2, -0.15) is 0 Å². The third-order valence-electron chi connectivity index (χ3n) is 2.73. The number of carbonyl (C=O) groups excluding carboxylic acids is 4. The number of amides is 1. The Morgan fingerprint density at radius 1 is 0.957 bits per heavy atom. The Morgan fingerprint density at radius 3 is 2.04 bits per heavy atom. The van der Waals surface area contributed by atoms with Crippen molar-refractivity contribution in [1.82, 2.24) is 4.90 Å². The van der Waals surface area contributed by atoms with Crippen molar-refractivity contribution in [2.75, 3.05) is 26.8 Å². The summed E-state index contributed by atoms with van der Waals surface area (Å²) >= 11 is 0. The summed E-state index contributed by atoms with van der Waals surface area (Å²) in [5.41, 5.74) is 0. The van der Waals surface area contributed by atoms with Crippen LogP contribution in [0.2, 0.25) is 0 Å². The summed E-state index contributed by atoms with van der Waals surface area (Å²) in [4.78, 5) is 46.8. The van der Waals surface area contributed by atoms with Gasteiger partial charge in [0.05, 0.1) is 20.0 Å². The van der Waals surface area contributed by atoms with Crippen LogP contribution in [-0.2, 0) is 33.3 Å². The van der Waals surface area contributed by atoms with Gasteiger partial charge in [0.2, 0.25) is 6.29 Å². The molecule has 9 nitrogen and oxygen atoms in total. The molecule has 1 unspecified atom stereocenters. The van der Waals surface area contributed by atoms with E-state index in [1.54, 1.807) is 0 Å². The largest absolute Gasteiger partial charge is 0.511 e. The predicted octanol–water partition coefficient (Wildman–Crippen LogP) is 0.850. The minimum Gasteiger partial charge on any atom is -0.456 e. The Morgan fingerprint density at radius 2 is 1.52 bits per heavy atom. The van der Waals surface area contributed by atoms with Crippen molar-refractivity contribution in [2.24, 2.45) is 0 Å². The summed E-state index contributed by atoms with van der Waals surface area (Å²) in [5.74, 6) is -1.73. The molecule has 0 bridgehead atoms. The molecule has 0 N–H and O–H groups in total. The zero-order valence-electron chi connectivity index (χ0n) is 13.8. The molecule has 0 saturated carbocycles. The SMILES string of the molecule is CCN(CC)C(=O)COC(=O)CCC(=O)OC(C)OC(=O)OC. The smallest absolute Gasteiger partial charge is 0.456 e. The number of nitrogens with zero attached hydrogens (tertiary/aromatic N) is 1. The van der Waals surface area contributed by atoms with E-state index in [9.17, 15) is 19.2 Å². The van der Waals surface area contributed by atoms with Gasteiger partial charge in [0.1, 0.15) is 0 Å². The fourth-order valence-electron chi connectivity index (χ4n) is 1.54. The lowest BCUT2D eigenvalue weighted by atomic mass is 10.3. The normalized spacial score (nSPS) is 11.1. The summed E-state index contributed by atoms with van der Waals surface area (Å²) in [6.45, 7) is 5.65. The number of hydrogen-bond donors (Lipinski definition) is 0. The molecule has 0 fully saturated rings. The zero-order valence-corrected chi connectivity index (χ0v) is 13.8. The van der Waals surface area contributed by atoms with Crippen molar-refractivity contribution >= 4 is 24.0 Å². The molecule has 0 aromatic heterocycles. The van der Waals surface area contributed by atoms with Gasteiger partial charge in [-0.05, 0) is 13.8 Å². The van der Waals surface area contributed by atoms with Gasteiger partial charge in [0, 0.05) is 20.0 Å². The molecule has 0 aliphatic carbocycles. The third-order valence-corrected chi connectivity index (χ3v) is 2.73. The van der Waals surface area contributed by atoms with Crippen molar-refractivity contribution in [2.45, 2.75) is 39.9 Å². The van der Waals surface area contributed by atoms with Crippen molar-refractivity contribution in [3.63, 3.8) is 0 Å². The lowest BCUT2D eigenvalue weighted by molar-refractivity contribution is -0.169. The predicted molar refractivity (Wildman–Crippen MR) is 77.2 cm³/mol. The van der Waals surface area contributed by atoms with E-state index in [-0.39, 0.29) is 25.4 Å². The summed E-state index contributed by atoms with van der Waals surface area (Å²) in [6.07, 6.45) is -2.61. The third kappa shape index (κ3) is 9.33. The number of rotatable bonds is 9. The first-order valence-electron chi connectivity index (χ1n) is 7.21. The van der Waals surface area contributed by atoms with Gasteiger partial charge in [-0.3, -0.25) is 14.4 Å². The highest BCUT2D eigenvalue weighted by Gasteiger charge is 2.17. The van der Waals surface area contributed by atoms with Crippen LogP contribution in [-0.4, -0.2) is 62.0 Å². The average Bonchev–Trinajstić information content (AvgIpc) is 2.51. The second-order valence-corrected chi connectivity index (χ2v) is 4.36. The van der Waals surface area contributed by atoms with Crippen molar-refractivity contribution in [3.8, 4) is 0 Å². The summed E-state index contributed by atoms with van der Waals surface area (Å²) < 4.78 is 18.3. The first kappa shape index (κ1) is 20.7. The number of ether oxygens (including phenoxy) is 4. The highest BCUT2D eigenvalue weighted by atomic mass is 16.8. The maximum absolute atomic E-state index is 11.6. The van der Waals surface area contributed by atoms with Crippen molar-refractivity contribution in [3.05, 3.63) is 0 Å². The van der Waals surface area contributed by atoms with Gasteiger partial charge in [-0.25, -0.2) is 4.79 Å². The zero-order chi connectivity index (χ0) is 17.8. The molecule has 0 saturated heterocycles. The molecule has 132 valence electrons. The van der Waals surface area contributed by atoms with E-state index in [0.717, 1.165) is 7.11 Å². The van der Waals surface area contributed by atoms with E-state index in [1.807, 2.05) is 13.8 Å². The Kier molecular flexibility index (Phi) is 10.1. The Bertz CT molecular complexity index is 419. The van der Waals surface area contributed by atoms with Crippen LogP contribution in [0.4, 0.5) is 4.79 Å². The van der Waals surface area contributed by atoms with Gasteiger partial charge in [0.25, 0.3) is 5.91 Å². The van der Waals surface area contributed by atoms with Crippen molar-refractivity contribution in [1.29, 1.82) is 0 Å². The van der Waals surface area contributed by atoms with Crippen LogP contribution in [0.25, 0.3) is 0 Å². The number of esters is 2. The lowest BCUT2D eigenvalue weighted by Gasteiger charge is -2.18. The molecular formula is C14H23NO8. The van der Waals surface area contributed by atoms with Crippen LogP contribution in [0.15, 0.2) is 0 Å². The van der Waals surface area contributed by atoms with Crippen molar-refractivity contribution < 1.29 is 38.1 Å². The molecule has 1 amide bonds.